The number of Topliss-reactive ketones (excluding diaryl/α,β-unsaturated/α-hetero) is 1. The topological polar surface area (TPSA) is 34.9 Å². The molecule has 0 spiro atoms. The van der Waals surface area contributed by atoms with Crippen molar-refractivity contribution in [3.05, 3.63) is 65.7 Å². The van der Waals surface area contributed by atoms with Crippen LogP contribution in [0.25, 0.3) is 11.0 Å². The van der Waals surface area contributed by atoms with Gasteiger partial charge in [0.05, 0.1) is 11.0 Å². The van der Waals surface area contributed by atoms with Gasteiger partial charge in [-0.25, -0.2) is 9.37 Å². The van der Waals surface area contributed by atoms with Crippen molar-refractivity contribution >= 4 is 16.8 Å². The van der Waals surface area contributed by atoms with Crippen LogP contribution >= 0.6 is 0 Å². The maximum absolute atomic E-state index is 13.0. The molecule has 0 bridgehead atoms. The zero-order valence-corrected chi connectivity index (χ0v) is 13.8. The summed E-state index contributed by atoms with van der Waals surface area (Å²) < 4.78 is 15.1. The van der Waals surface area contributed by atoms with Crippen molar-refractivity contribution in [2.24, 2.45) is 0 Å². The summed E-state index contributed by atoms with van der Waals surface area (Å²) in [6.07, 6.45) is 3.48. The van der Waals surface area contributed by atoms with E-state index in [1.54, 1.807) is 12.1 Å². The molecule has 0 radical (unpaired) electrons. The van der Waals surface area contributed by atoms with Gasteiger partial charge >= 0.3 is 0 Å². The molecular weight excluding hydrogens is 303 g/mol. The van der Waals surface area contributed by atoms with E-state index in [-0.39, 0.29) is 11.6 Å². The number of nitrogens with zero attached hydrogens (tertiary/aromatic N) is 2. The summed E-state index contributed by atoms with van der Waals surface area (Å²) in [6, 6.07) is 13.8. The van der Waals surface area contributed by atoms with Crippen molar-refractivity contribution < 1.29 is 9.18 Å². The zero-order valence-electron chi connectivity index (χ0n) is 13.8. The lowest BCUT2D eigenvalue weighted by Crippen LogP contribution is -2.09. The van der Waals surface area contributed by atoms with Gasteiger partial charge in [0.15, 0.2) is 5.78 Å². The van der Waals surface area contributed by atoms with Crippen molar-refractivity contribution in [3.63, 3.8) is 0 Å². The number of rotatable bonds is 7. The normalized spacial score (nSPS) is 11.1. The average molecular weight is 324 g/mol. The molecule has 0 unspecified atom stereocenters. The first-order valence-corrected chi connectivity index (χ1v) is 8.42. The van der Waals surface area contributed by atoms with Crippen molar-refractivity contribution in [2.75, 3.05) is 0 Å². The molecule has 4 heteroatoms. The minimum atomic E-state index is -0.325. The molecule has 2 aromatic carbocycles. The van der Waals surface area contributed by atoms with Gasteiger partial charge in [-0.3, -0.25) is 4.79 Å². The summed E-state index contributed by atoms with van der Waals surface area (Å²) in [6.45, 7) is 2.75. The molecule has 0 aliphatic rings. The third kappa shape index (κ3) is 3.53. The van der Waals surface area contributed by atoms with E-state index in [1.165, 1.54) is 12.1 Å². The fourth-order valence-corrected chi connectivity index (χ4v) is 2.89. The fraction of sp³-hybridized carbons (Fsp3) is 0.300. The fourth-order valence-electron chi connectivity index (χ4n) is 2.89. The maximum Gasteiger partial charge on any atom is 0.164 e. The number of benzene rings is 2. The number of carbonyl (C=O) groups is 1. The summed E-state index contributed by atoms with van der Waals surface area (Å²) in [7, 11) is 0. The summed E-state index contributed by atoms with van der Waals surface area (Å²) in [5, 5.41) is 0. The second-order valence-electron chi connectivity index (χ2n) is 5.95. The summed E-state index contributed by atoms with van der Waals surface area (Å²) >= 11 is 0. The number of hydrogen-bond acceptors (Lipinski definition) is 2. The third-order valence-corrected chi connectivity index (χ3v) is 4.22. The minimum Gasteiger partial charge on any atom is -0.328 e. The molecule has 3 aromatic rings. The number of para-hydroxylation sites is 2. The molecule has 0 amide bonds. The second-order valence-corrected chi connectivity index (χ2v) is 5.95. The number of ketones is 1. The van der Waals surface area contributed by atoms with E-state index in [0.717, 1.165) is 36.1 Å². The number of imidazole rings is 1. The lowest BCUT2D eigenvalue weighted by molar-refractivity contribution is 0.0977. The van der Waals surface area contributed by atoms with Crippen LogP contribution in [0.4, 0.5) is 4.39 Å². The number of aromatic nitrogens is 2. The number of carbonyl (C=O) groups excluding carboxylic acids is 1. The lowest BCUT2D eigenvalue weighted by atomic mass is 10.1. The molecular formula is C20H21FN2O. The Morgan fingerprint density at radius 3 is 2.62 bits per heavy atom. The monoisotopic (exact) mass is 324 g/mol. The van der Waals surface area contributed by atoms with Crippen LogP contribution in [-0.2, 0) is 13.0 Å². The van der Waals surface area contributed by atoms with E-state index in [0.29, 0.717) is 18.5 Å². The molecule has 3 rings (SSSR count). The van der Waals surface area contributed by atoms with Crippen molar-refractivity contribution in [1.82, 2.24) is 9.55 Å². The van der Waals surface area contributed by atoms with Gasteiger partial charge in [0.2, 0.25) is 0 Å². The summed E-state index contributed by atoms with van der Waals surface area (Å²) in [5.41, 5.74) is 2.59. The smallest absolute Gasteiger partial charge is 0.164 e. The Kier molecular flexibility index (Phi) is 5.04. The molecule has 1 aromatic heterocycles. The SMILES string of the molecule is CCCCc1nc2ccccc2n1CCC(=O)c1ccc(F)cc1. The molecule has 124 valence electrons. The molecule has 0 atom stereocenters. The molecule has 0 saturated carbocycles. The molecule has 3 nitrogen and oxygen atoms in total. The van der Waals surface area contributed by atoms with Crippen LogP contribution in [-0.4, -0.2) is 15.3 Å². The first kappa shape index (κ1) is 16.4. The highest BCUT2D eigenvalue weighted by atomic mass is 19.1. The van der Waals surface area contributed by atoms with E-state index in [4.69, 9.17) is 4.98 Å². The Bertz CT molecular complexity index is 836. The van der Waals surface area contributed by atoms with Crippen molar-refractivity contribution in [3.8, 4) is 0 Å². The van der Waals surface area contributed by atoms with Gasteiger partial charge in [0.1, 0.15) is 11.6 Å². The van der Waals surface area contributed by atoms with Crippen LogP contribution in [0.5, 0.6) is 0 Å². The summed E-state index contributed by atoms with van der Waals surface area (Å²) in [4.78, 5) is 17.1. The van der Waals surface area contributed by atoms with Gasteiger partial charge in [-0.05, 0) is 42.8 Å². The van der Waals surface area contributed by atoms with Crippen molar-refractivity contribution in [2.45, 2.75) is 39.2 Å². The van der Waals surface area contributed by atoms with Gasteiger partial charge in [-0.1, -0.05) is 25.5 Å². The number of halogens is 1. The first-order chi connectivity index (χ1) is 11.7. The molecule has 0 saturated heterocycles. The Balaban J connectivity index is 1.80. The van der Waals surface area contributed by atoms with Gasteiger partial charge < -0.3 is 4.57 Å². The van der Waals surface area contributed by atoms with Crippen LogP contribution in [0, 0.1) is 5.82 Å². The average Bonchev–Trinajstić information content (AvgIpc) is 2.96. The van der Waals surface area contributed by atoms with Crippen LogP contribution < -0.4 is 0 Å². The minimum absolute atomic E-state index is 0.0224. The van der Waals surface area contributed by atoms with Crippen LogP contribution in [0.3, 0.4) is 0 Å². The Morgan fingerprint density at radius 2 is 1.88 bits per heavy atom. The van der Waals surface area contributed by atoms with E-state index in [9.17, 15) is 9.18 Å². The van der Waals surface area contributed by atoms with Crippen LogP contribution in [0.1, 0.15) is 42.4 Å². The number of fused-ring (bicyclic) bond motifs is 1. The van der Waals surface area contributed by atoms with E-state index < -0.39 is 0 Å². The number of hydrogen-bond donors (Lipinski definition) is 0. The molecule has 0 aliphatic heterocycles. The van der Waals surface area contributed by atoms with Gasteiger partial charge in [0, 0.05) is 24.9 Å². The highest BCUT2D eigenvalue weighted by molar-refractivity contribution is 5.96. The van der Waals surface area contributed by atoms with Gasteiger partial charge in [0.25, 0.3) is 0 Å². The van der Waals surface area contributed by atoms with Crippen LogP contribution in [0.15, 0.2) is 48.5 Å². The third-order valence-electron chi connectivity index (χ3n) is 4.22. The molecule has 0 aliphatic carbocycles. The number of aryl methyl sites for hydroxylation is 2. The van der Waals surface area contributed by atoms with E-state index in [1.807, 2.05) is 24.3 Å². The van der Waals surface area contributed by atoms with Crippen LogP contribution in [0.2, 0.25) is 0 Å². The van der Waals surface area contributed by atoms with E-state index >= 15 is 0 Å². The highest BCUT2D eigenvalue weighted by Crippen LogP contribution is 2.19. The highest BCUT2D eigenvalue weighted by Gasteiger charge is 2.12. The zero-order chi connectivity index (χ0) is 16.9. The molecule has 24 heavy (non-hydrogen) atoms. The lowest BCUT2D eigenvalue weighted by Gasteiger charge is -2.09. The largest absolute Gasteiger partial charge is 0.328 e. The Labute approximate surface area is 141 Å². The number of unbranched alkanes of at least 4 members (excludes halogenated alkanes) is 1. The van der Waals surface area contributed by atoms with E-state index in [2.05, 4.69) is 11.5 Å². The van der Waals surface area contributed by atoms with Gasteiger partial charge in [-0.15, -0.1) is 0 Å². The first-order valence-electron chi connectivity index (χ1n) is 8.42. The molecule has 0 N–H and O–H groups in total. The maximum atomic E-state index is 13.0. The molecule has 1 heterocycles. The predicted octanol–water partition coefficient (Wildman–Crippen LogP) is 4.79. The Hall–Kier alpha value is -2.49. The standard InChI is InChI=1S/C20H21FN2O/c1-2-3-8-20-22-17-6-4-5-7-18(17)23(20)14-13-19(24)15-9-11-16(21)12-10-15/h4-7,9-12H,2-3,8,13-14H2,1H3. The predicted molar refractivity (Wildman–Crippen MR) is 93.7 cm³/mol. The molecule has 0 fully saturated rings. The van der Waals surface area contributed by atoms with Gasteiger partial charge in [-0.2, -0.15) is 0 Å². The van der Waals surface area contributed by atoms with Crippen molar-refractivity contribution in [1.29, 1.82) is 0 Å². The summed E-state index contributed by atoms with van der Waals surface area (Å²) in [5.74, 6) is 0.730. The quantitative estimate of drug-likeness (QED) is 0.586. The Morgan fingerprint density at radius 1 is 1.12 bits per heavy atom. The second kappa shape index (κ2) is 7.39.